The van der Waals surface area contributed by atoms with Crippen molar-refractivity contribution in [3.05, 3.63) is 16.6 Å². The molecule has 1 fully saturated rings. The normalized spacial score (nSPS) is 19.5. The van der Waals surface area contributed by atoms with Gasteiger partial charge in [0, 0.05) is 0 Å². The topological polar surface area (TPSA) is 31.9 Å². The monoisotopic (exact) mass is 257 g/mol. The van der Waals surface area contributed by atoms with Crippen molar-refractivity contribution in [3.63, 3.8) is 0 Å². The van der Waals surface area contributed by atoms with E-state index in [-0.39, 0.29) is 0 Å². The fourth-order valence-corrected chi connectivity index (χ4v) is 2.25. The molecule has 2 rings (SSSR count). The quantitative estimate of drug-likeness (QED) is 0.884. The lowest BCUT2D eigenvalue weighted by Crippen LogP contribution is -2.24. The number of likely N-dealkylation sites (tertiary alicyclic amines) is 1. The van der Waals surface area contributed by atoms with E-state index < -0.39 is 0 Å². The fraction of sp³-hybridized carbons (Fsp3) is 0.700. The molecule has 0 radical (unpaired) electrons. The lowest BCUT2D eigenvalue weighted by molar-refractivity contribution is 0.271. The molecule has 3 nitrogen and oxygen atoms in total. The van der Waals surface area contributed by atoms with Gasteiger partial charge in [-0.2, -0.15) is 0 Å². The molecule has 1 aliphatic rings. The Hall–Kier alpha value is -0.350. The maximum Gasteiger partial charge on any atom is 0.121 e. The number of hydrogen-bond donors (Lipinski definition) is 1. The Morgan fingerprint density at radius 2 is 2.00 bits per heavy atom. The van der Waals surface area contributed by atoms with E-state index in [1.165, 1.54) is 38.8 Å². The van der Waals surface area contributed by atoms with Crippen LogP contribution in [0.1, 0.15) is 31.5 Å². The van der Waals surface area contributed by atoms with Gasteiger partial charge < -0.3 is 4.98 Å². The van der Waals surface area contributed by atoms with Crippen molar-refractivity contribution >= 4 is 15.9 Å². The van der Waals surface area contributed by atoms with Crippen LogP contribution in [0.4, 0.5) is 0 Å². The minimum absolute atomic E-state index is 0.964. The van der Waals surface area contributed by atoms with Gasteiger partial charge in [-0.25, -0.2) is 4.98 Å². The van der Waals surface area contributed by atoms with Gasteiger partial charge in [0.05, 0.1) is 12.7 Å². The van der Waals surface area contributed by atoms with Gasteiger partial charge in [-0.15, -0.1) is 0 Å². The number of imidazole rings is 1. The summed E-state index contributed by atoms with van der Waals surface area (Å²) in [6, 6.07) is 0. The SMILES string of the molecule is Brc1cnc(CN2CCCCCC2)[nH]1. The number of halogens is 1. The van der Waals surface area contributed by atoms with Gasteiger partial charge in [0.25, 0.3) is 0 Å². The van der Waals surface area contributed by atoms with Gasteiger partial charge >= 0.3 is 0 Å². The number of hydrogen-bond acceptors (Lipinski definition) is 2. The number of rotatable bonds is 2. The third kappa shape index (κ3) is 2.82. The van der Waals surface area contributed by atoms with Crippen molar-refractivity contribution in [1.29, 1.82) is 0 Å². The highest BCUT2D eigenvalue weighted by molar-refractivity contribution is 9.10. The molecular formula is C10H16BrN3. The van der Waals surface area contributed by atoms with Crippen LogP contribution < -0.4 is 0 Å². The smallest absolute Gasteiger partial charge is 0.121 e. The van der Waals surface area contributed by atoms with Gasteiger partial charge in [0.1, 0.15) is 10.4 Å². The molecule has 1 aromatic heterocycles. The highest BCUT2D eigenvalue weighted by Crippen LogP contribution is 2.12. The molecule has 78 valence electrons. The zero-order valence-corrected chi connectivity index (χ0v) is 9.89. The third-order valence-corrected chi connectivity index (χ3v) is 3.07. The van der Waals surface area contributed by atoms with Crippen molar-refractivity contribution in [2.24, 2.45) is 0 Å². The predicted octanol–water partition coefficient (Wildman–Crippen LogP) is 2.55. The molecule has 4 heteroatoms. The van der Waals surface area contributed by atoms with Crippen LogP contribution in [-0.4, -0.2) is 28.0 Å². The lowest BCUT2D eigenvalue weighted by atomic mass is 10.2. The zero-order chi connectivity index (χ0) is 9.80. The summed E-state index contributed by atoms with van der Waals surface area (Å²) >= 11 is 3.38. The first-order valence-electron chi connectivity index (χ1n) is 5.26. The van der Waals surface area contributed by atoms with Gasteiger partial charge in [-0.05, 0) is 41.9 Å². The first kappa shape index (κ1) is 10.2. The number of nitrogens with zero attached hydrogens (tertiary/aromatic N) is 2. The Kier molecular flexibility index (Phi) is 3.59. The van der Waals surface area contributed by atoms with Crippen LogP contribution in [0.3, 0.4) is 0 Å². The van der Waals surface area contributed by atoms with E-state index in [0.29, 0.717) is 0 Å². The maximum atomic E-state index is 4.30. The Morgan fingerprint density at radius 1 is 1.29 bits per heavy atom. The summed E-state index contributed by atoms with van der Waals surface area (Å²) in [5.41, 5.74) is 0. The summed E-state index contributed by atoms with van der Waals surface area (Å²) in [6.07, 6.45) is 7.27. The van der Waals surface area contributed by atoms with E-state index in [1.54, 1.807) is 0 Å². The van der Waals surface area contributed by atoms with Crippen LogP contribution in [0.5, 0.6) is 0 Å². The Morgan fingerprint density at radius 3 is 2.57 bits per heavy atom. The van der Waals surface area contributed by atoms with Gasteiger partial charge in [0.15, 0.2) is 0 Å². The molecule has 0 bridgehead atoms. The predicted molar refractivity (Wildman–Crippen MR) is 60.0 cm³/mol. The van der Waals surface area contributed by atoms with Gasteiger partial charge in [-0.1, -0.05) is 12.8 Å². The number of nitrogens with one attached hydrogen (secondary N) is 1. The first-order valence-corrected chi connectivity index (χ1v) is 6.05. The molecule has 0 unspecified atom stereocenters. The highest BCUT2D eigenvalue weighted by atomic mass is 79.9. The van der Waals surface area contributed by atoms with Crippen molar-refractivity contribution < 1.29 is 0 Å². The summed E-state index contributed by atoms with van der Waals surface area (Å²) in [6.45, 7) is 3.40. The third-order valence-electron chi connectivity index (χ3n) is 2.67. The summed E-state index contributed by atoms with van der Waals surface area (Å²) in [5.74, 6) is 1.07. The minimum atomic E-state index is 0.964. The average Bonchev–Trinajstić information content (AvgIpc) is 2.43. The molecule has 2 heterocycles. The van der Waals surface area contributed by atoms with Crippen molar-refractivity contribution in [2.45, 2.75) is 32.2 Å². The Balaban J connectivity index is 1.89. The Bertz CT molecular complexity index is 277. The molecule has 1 aromatic rings. The van der Waals surface area contributed by atoms with Crippen LogP contribution in [0.25, 0.3) is 0 Å². The number of H-pyrrole nitrogens is 1. The molecule has 1 saturated heterocycles. The second kappa shape index (κ2) is 4.94. The summed E-state index contributed by atoms with van der Waals surface area (Å²) in [5, 5.41) is 0. The molecule has 0 amide bonds. The summed E-state index contributed by atoms with van der Waals surface area (Å²) < 4.78 is 0.974. The van der Waals surface area contributed by atoms with Crippen LogP contribution in [0.15, 0.2) is 10.8 Å². The fourth-order valence-electron chi connectivity index (χ4n) is 1.92. The second-order valence-corrected chi connectivity index (χ2v) is 4.72. The Labute approximate surface area is 93.0 Å². The highest BCUT2D eigenvalue weighted by Gasteiger charge is 2.10. The van der Waals surface area contributed by atoms with E-state index in [4.69, 9.17) is 0 Å². The minimum Gasteiger partial charge on any atom is -0.336 e. The van der Waals surface area contributed by atoms with Crippen LogP contribution in [-0.2, 0) is 6.54 Å². The summed E-state index contributed by atoms with van der Waals surface area (Å²) in [4.78, 5) is 9.99. The summed E-state index contributed by atoms with van der Waals surface area (Å²) in [7, 11) is 0. The first-order chi connectivity index (χ1) is 6.84. The average molecular weight is 258 g/mol. The molecular weight excluding hydrogens is 242 g/mol. The van der Waals surface area contributed by atoms with E-state index in [0.717, 1.165) is 17.0 Å². The molecule has 0 spiro atoms. The number of aromatic amines is 1. The maximum absolute atomic E-state index is 4.30. The van der Waals surface area contributed by atoms with Crippen LogP contribution in [0, 0.1) is 0 Å². The zero-order valence-electron chi connectivity index (χ0n) is 8.30. The van der Waals surface area contributed by atoms with E-state index >= 15 is 0 Å². The lowest BCUT2D eigenvalue weighted by Gasteiger charge is -2.17. The largest absolute Gasteiger partial charge is 0.336 e. The van der Waals surface area contributed by atoms with E-state index in [2.05, 4.69) is 30.8 Å². The van der Waals surface area contributed by atoms with Crippen molar-refractivity contribution in [3.8, 4) is 0 Å². The molecule has 1 N–H and O–H groups in total. The van der Waals surface area contributed by atoms with Gasteiger partial charge in [-0.3, -0.25) is 4.90 Å². The standard InChI is InChI=1S/C10H16BrN3/c11-9-7-12-10(13-9)8-14-5-3-1-2-4-6-14/h7H,1-6,8H2,(H,12,13). The molecule has 0 saturated carbocycles. The molecule has 0 atom stereocenters. The van der Waals surface area contributed by atoms with Crippen molar-refractivity contribution in [2.75, 3.05) is 13.1 Å². The molecule has 0 aromatic carbocycles. The van der Waals surface area contributed by atoms with Crippen LogP contribution in [0.2, 0.25) is 0 Å². The van der Waals surface area contributed by atoms with E-state index in [9.17, 15) is 0 Å². The molecule has 14 heavy (non-hydrogen) atoms. The van der Waals surface area contributed by atoms with E-state index in [1.807, 2.05) is 6.20 Å². The second-order valence-electron chi connectivity index (χ2n) is 3.87. The van der Waals surface area contributed by atoms with Gasteiger partial charge in [0.2, 0.25) is 0 Å². The number of aromatic nitrogens is 2. The van der Waals surface area contributed by atoms with Crippen LogP contribution >= 0.6 is 15.9 Å². The van der Waals surface area contributed by atoms with Crippen molar-refractivity contribution in [1.82, 2.24) is 14.9 Å². The molecule has 1 aliphatic heterocycles. The molecule has 0 aliphatic carbocycles.